The van der Waals surface area contributed by atoms with Crippen LogP contribution in [0.4, 0.5) is 5.82 Å². The van der Waals surface area contributed by atoms with E-state index in [4.69, 9.17) is 17.3 Å². The number of amides is 1. The molecule has 2 N–H and O–H groups in total. The van der Waals surface area contributed by atoms with E-state index in [0.717, 1.165) is 37.0 Å². The lowest BCUT2D eigenvalue weighted by atomic mass is 10.1. The maximum absolute atomic E-state index is 12.7. The van der Waals surface area contributed by atoms with Gasteiger partial charge in [-0.2, -0.15) is 0 Å². The van der Waals surface area contributed by atoms with Crippen LogP contribution < -0.4 is 5.73 Å². The molecule has 0 aliphatic carbocycles. The highest BCUT2D eigenvalue weighted by Crippen LogP contribution is 2.25. The van der Waals surface area contributed by atoms with Crippen LogP contribution in [0, 0.1) is 0 Å². The van der Waals surface area contributed by atoms with Crippen molar-refractivity contribution in [2.24, 2.45) is 0 Å². The summed E-state index contributed by atoms with van der Waals surface area (Å²) in [7, 11) is 0. The van der Waals surface area contributed by atoms with Crippen LogP contribution in [0.3, 0.4) is 0 Å². The highest BCUT2D eigenvalue weighted by Gasteiger charge is 2.18. The number of benzene rings is 1. The van der Waals surface area contributed by atoms with Crippen LogP contribution in [0.5, 0.6) is 0 Å². The van der Waals surface area contributed by atoms with Crippen molar-refractivity contribution in [3.8, 4) is 11.3 Å². The van der Waals surface area contributed by atoms with Crippen molar-refractivity contribution < 1.29 is 4.79 Å². The van der Waals surface area contributed by atoms with E-state index in [1.54, 1.807) is 24.5 Å². The molecule has 1 aliphatic heterocycles. The molecular weight excluding hydrogens is 350 g/mol. The van der Waals surface area contributed by atoms with E-state index in [1.807, 2.05) is 17.0 Å². The highest BCUT2D eigenvalue weighted by atomic mass is 35.5. The van der Waals surface area contributed by atoms with Gasteiger partial charge < -0.3 is 10.6 Å². The number of rotatable bonds is 2. The van der Waals surface area contributed by atoms with Crippen molar-refractivity contribution in [1.29, 1.82) is 0 Å². The van der Waals surface area contributed by atoms with Gasteiger partial charge in [-0.25, -0.2) is 9.97 Å². The summed E-state index contributed by atoms with van der Waals surface area (Å²) in [5, 5.41) is 0.374. The number of nitrogen functional groups attached to an aromatic ring is 1. The van der Waals surface area contributed by atoms with Crippen LogP contribution >= 0.6 is 11.6 Å². The third kappa shape index (κ3) is 3.20. The smallest absolute Gasteiger partial charge is 0.253 e. The molecular formula is C19H18ClN5O. The van der Waals surface area contributed by atoms with Gasteiger partial charge in [0.15, 0.2) is 0 Å². The molecule has 2 aromatic heterocycles. The topological polar surface area (TPSA) is 85.0 Å². The Morgan fingerprint density at radius 3 is 2.62 bits per heavy atom. The lowest BCUT2D eigenvalue weighted by molar-refractivity contribution is 0.0724. The molecule has 1 fully saturated rings. The first-order chi connectivity index (χ1) is 12.6. The van der Waals surface area contributed by atoms with Gasteiger partial charge in [0.2, 0.25) is 0 Å². The minimum absolute atomic E-state index is 0.0519. The zero-order valence-corrected chi connectivity index (χ0v) is 14.9. The zero-order valence-electron chi connectivity index (χ0n) is 14.2. The Hall–Kier alpha value is -2.73. The van der Waals surface area contributed by atoms with Gasteiger partial charge in [-0.15, -0.1) is 0 Å². The Labute approximate surface area is 156 Å². The van der Waals surface area contributed by atoms with Crippen molar-refractivity contribution in [1.82, 2.24) is 19.9 Å². The quantitative estimate of drug-likeness (QED) is 0.748. The van der Waals surface area contributed by atoms with Crippen molar-refractivity contribution in [3.63, 3.8) is 0 Å². The Morgan fingerprint density at radius 1 is 1.04 bits per heavy atom. The molecule has 26 heavy (non-hydrogen) atoms. The summed E-state index contributed by atoms with van der Waals surface area (Å²) in [6.07, 6.45) is 6.59. The Balaban J connectivity index is 1.70. The lowest BCUT2D eigenvalue weighted by Gasteiger charge is -2.26. The molecule has 4 rings (SSSR count). The number of likely N-dealkylation sites (tertiary alicyclic amines) is 1. The van der Waals surface area contributed by atoms with Crippen LogP contribution in [-0.4, -0.2) is 38.8 Å². The summed E-state index contributed by atoms with van der Waals surface area (Å²) in [6, 6.07) is 7.16. The van der Waals surface area contributed by atoms with Crippen molar-refractivity contribution in [2.75, 3.05) is 18.8 Å². The maximum Gasteiger partial charge on any atom is 0.253 e. The zero-order chi connectivity index (χ0) is 18.1. The van der Waals surface area contributed by atoms with Crippen LogP contribution in [0.2, 0.25) is 5.02 Å². The second kappa shape index (κ2) is 6.88. The van der Waals surface area contributed by atoms with Gasteiger partial charge in [0, 0.05) is 30.4 Å². The summed E-state index contributed by atoms with van der Waals surface area (Å²) < 4.78 is 0. The molecule has 1 aromatic carbocycles. The monoisotopic (exact) mass is 367 g/mol. The van der Waals surface area contributed by atoms with Gasteiger partial charge in [0.1, 0.15) is 5.82 Å². The van der Waals surface area contributed by atoms with Crippen molar-refractivity contribution >= 4 is 34.4 Å². The number of nitrogens with two attached hydrogens (primary N) is 1. The number of anilines is 1. The maximum atomic E-state index is 12.7. The van der Waals surface area contributed by atoms with Crippen LogP contribution in [-0.2, 0) is 0 Å². The molecule has 0 bridgehead atoms. The van der Waals surface area contributed by atoms with Crippen LogP contribution in [0.1, 0.15) is 29.6 Å². The summed E-state index contributed by atoms with van der Waals surface area (Å²) in [5.74, 6) is 0.328. The number of halogens is 1. The average molecular weight is 368 g/mol. The fourth-order valence-electron chi connectivity index (χ4n) is 3.15. The summed E-state index contributed by atoms with van der Waals surface area (Å²) in [6.45, 7) is 1.64. The Kier molecular flexibility index (Phi) is 4.42. The van der Waals surface area contributed by atoms with E-state index in [9.17, 15) is 4.79 Å². The molecule has 0 unspecified atom stereocenters. The van der Waals surface area contributed by atoms with Crippen molar-refractivity contribution in [2.45, 2.75) is 19.3 Å². The third-order valence-corrected chi connectivity index (χ3v) is 4.90. The highest BCUT2D eigenvalue weighted by molar-refractivity contribution is 6.33. The van der Waals surface area contributed by atoms with Gasteiger partial charge >= 0.3 is 0 Å². The van der Waals surface area contributed by atoms with E-state index in [2.05, 4.69) is 15.0 Å². The molecule has 3 heterocycles. The molecule has 0 saturated carbocycles. The number of hydrogen-bond donors (Lipinski definition) is 1. The first-order valence-corrected chi connectivity index (χ1v) is 8.97. The van der Waals surface area contributed by atoms with E-state index >= 15 is 0 Å². The molecule has 0 radical (unpaired) electrons. The molecule has 0 spiro atoms. The fraction of sp³-hybridized carbons (Fsp3) is 0.263. The molecule has 0 atom stereocenters. The third-order valence-electron chi connectivity index (χ3n) is 4.60. The van der Waals surface area contributed by atoms with E-state index in [1.165, 1.54) is 6.42 Å². The number of aromatic nitrogens is 3. The second-order valence-electron chi connectivity index (χ2n) is 6.40. The molecule has 1 amide bonds. The molecule has 1 aliphatic rings. The standard InChI is InChI=1S/C19H18ClN5O/c20-14-8-13(10-23-18(14)21)17-11-22-15-5-4-12(9-16(15)24-17)19(26)25-6-2-1-3-7-25/h4-5,8-11H,1-3,6-7H2,(H2,21,23). The number of pyridine rings is 1. The van der Waals surface area contributed by atoms with Crippen LogP contribution in [0.15, 0.2) is 36.7 Å². The molecule has 3 aromatic rings. The Morgan fingerprint density at radius 2 is 1.85 bits per heavy atom. The number of fused-ring (bicyclic) bond motifs is 1. The van der Waals surface area contributed by atoms with E-state index < -0.39 is 0 Å². The van der Waals surface area contributed by atoms with E-state index in [-0.39, 0.29) is 11.7 Å². The minimum Gasteiger partial charge on any atom is -0.382 e. The number of piperidine rings is 1. The molecule has 1 saturated heterocycles. The van der Waals surface area contributed by atoms with E-state index in [0.29, 0.717) is 21.8 Å². The first-order valence-electron chi connectivity index (χ1n) is 8.59. The lowest BCUT2D eigenvalue weighted by Crippen LogP contribution is -2.35. The largest absolute Gasteiger partial charge is 0.382 e. The predicted octanol–water partition coefficient (Wildman–Crippen LogP) is 3.55. The van der Waals surface area contributed by atoms with Crippen LogP contribution in [0.25, 0.3) is 22.3 Å². The molecule has 6 nitrogen and oxygen atoms in total. The second-order valence-corrected chi connectivity index (χ2v) is 6.81. The van der Waals surface area contributed by atoms with Gasteiger partial charge in [0.25, 0.3) is 5.91 Å². The predicted molar refractivity (Wildman–Crippen MR) is 102 cm³/mol. The Bertz CT molecular complexity index is 985. The molecule has 132 valence electrons. The average Bonchev–Trinajstić information content (AvgIpc) is 2.69. The normalized spacial score (nSPS) is 14.6. The van der Waals surface area contributed by atoms with Gasteiger partial charge in [-0.1, -0.05) is 11.6 Å². The number of hydrogen-bond acceptors (Lipinski definition) is 5. The summed E-state index contributed by atoms with van der Waals surface area (Å²) >= 11 is 6.05. The summed E-state index contributed by atoms with van der Waals surface area (Å²) in [5.41, 5.74) is 9.06. The van der Waals surface area contributed by atoms with Gasteiger partial charge in [-0.3, -0.25) is 9.78 Å². The van der Waals surface area contributed by atoms with Gasteiger partial charge in [-0.05, 0) is 43.5 Å². The SMILES string of the molecule is Nc1ncc(-c2cnc3ccc(C(=O)N4CCCCC4)cc3n2)cc1Cl. The molecule has 7 heteroatoms. The number of carbonyl (C=O) groups is 1. The number of nitrogens with zero attached hydrogens (tertiary/aromatic N) is 4. The first kappa shape index (κ1) is 16.7. The van der Waals surface area contributed by atoms with Gasteiger partial charge in [0.05, 0.1) is 27.9 Å². The fourth-order valence-corrected chi connectivity index (χ4v) is 3.32. The summed E-state index contributed by atoms with van der Waals surface area (Å²) in [4.78, 5) is 27.7. The number of carbonyl (C=O) groups excluding carboxylic acids is 1. The van der Waals surface area contributed by atoms with Crippen molar-refractivity contribution in [3.05, 3.63) is 47.2 Å². The minimum atomic E-state index is 0.0519.